The van der Waals surface area contributed by atoms with E-state index in [-0.39, 0.29) is 5.91 Å². The van der Waals surface area contributed by atoms with E-state index in [1.54, 1.807) is 12.4 Å². The lowest BCUT2D eigenvalue weighted by atomic mass is 10.0. The van der Waals surface area contributed by atoms with Crippen molar-refractivity contribution in [2.24, 2.45) is 11.7 Å². The number of amides is 1. The van der Waals surface area contributed by atoms with Gasteiger partial charge in [-0.05, 0) is 18.9 Å². The van der Waals surface area contributed by atoms with E-state index in [1.807, 2.05) is 0 Å². The van der Waals surface area contributed by atoms with Crippen molar-refractivity contribution >= 4 is 5.91 Å². The lowest BCUT2D eigenvalue weighted by Crippen LogP contribution is -2.28. The zero-order valence-corrected chi connectivity index (χ0v) is 10.4. The number of imidazole rings is 1. The predicted octanol–water partition coefficient (Wildman–Crippen LogP) is 0.833. The van der Waals surface area contributed by atoms with E-state index in [2.05, 4.69) is 22.2 Å². The van der Waals surface area contributed by atoms with Gasteiger partial charge in [-0.2, -0.15) is 0 Å². The van der Waals surface area contributed by atoms with Crippen molar-refractivity contribution in [2.45, 2.75) is 32.6 Å². The summed E-state index contributed by atoms with van der Waals surface area (Å²) in [6.07, 6.45) is 6.80. The first-order valence-electron chi connectivity index (χ1n) is 6.21. The van der Waals surface area contributed by atoms with E-state index in [0.717, 1.165) is 25.1 Å². The summed E-state index contributed by atoms with van der Waals surface area (Å²) in [6.45, 7) is 3.33. The highest BCUT2D eigenvalue weighted by Gasteiger charge is 2.09. The molecule has 0 radical (unpaired) electrons. The molecule has 0 bridgehead atoms. The maximum atomic E-state index is 11.5. The molecule has 1 unspecified atom stereocenters. The Bertz CT molecular complexity index is 306. The number of carbonyl (C=O) groups excluding carboxylic acids is 1. The summed E-state index contributed by atoms with van der Waals surface area (Å²) >= 11 is 0. The Morgan fingerprint density at radius 1 is 1.65 bits per heavy atom. The molecule has 17 heavy (non-hydrogen) atoms. The van der Waals surface area contributed by atoms with Crippen LogP contribution >= 0.6 is 0 Å². The molecule has 0 saturated carbocycles. The molecule has 1 atom stereocenters. The molecule has 4 N–H and O–H groups in total. The monoisotopic (exact) mass is 238 g/mol. The Balaban J connectivity index is 2.07. The largest absolute Gasteiger partial charge is 0.356 e. The number of aromatic nitrogens is 2. The molecule has 0 aromatic carbocycles. The molecule has 96 valence electrons. The Morgan fingerprint density at radius 2 is 2.47 bits per heavy atom. The van der Waals surface area contributed by atoms with Crippen molar-refractivity contribution in [3.8, 4) is 0 Å². The fourth-order valence-electron chi connectivity index (χ4n) is 1.65. The predicted molar refractivity (Wildman–Crippen MR) is 67.4 cm³/mol. The Kier molecular flexibility index (Phi) is 6.32. The van der Waals surface area contributed by atoms with Crippen molar-refractivity contribution in [3.05, 3.63) is 18.2 Å². The SMILES string of the molecule is CCC(CN)CC(=O)NCCCc1ncc[nH]1. The smallest absolute Gasteiger partial charge is 0.220 e. The number of carbonyl (C=O) groups is 1. The first kappa shape index (κ1) is 13.7. The molecule has 1 rings (SSSR count). The Morgan fingerprint density at radius 3 is 3.06 bits per heavy atom. The van der Waals surface area contributed by atoms with Gasteiger partial charge in [-0.1, -0.05) is 13.3 Å². The van der Waals surface area contributed by atoms with Crippen LogP contribution in [0.25, 0.3) is 0 Å². The fourth-order valence-corrected chi connectivity index (χ4v) is 1.65. The quantitative estimate of drug-likeness (QED) is 0.587. The average molecular weight is 238 g/mol. The number of nitrogens with two attached hydrogens (primary N) is 1. The molecule has 0 spiro atoms. The molecule has 1 heterocycles. The second-order valence-electron chi connectivity index (χ2n) is 4.20. The van der Waals surface area contributed by atoms with Crippen molar-refractivity contribution in [2.75, 3.05) is 13.1 Å². The van der Waals surface area contributed by atoms with Crippen LogP contribution in [0.1, 0.15) is 32.0 Å². The summed E-state index contributed by atoms with van der Waals surface area (Å²) in [5.74, 6) is 1.37. The van der Waals surface area contributed by atoms with Crippen LogP contribution in [0.4, 0.5) is 0 Å². The van der Waals surface area contributed by atoms with Crippen LogP contribution in [-0.4, -0.2) is 29.0 Å². The molecular formula is C12H22N4O. The zero-order valence-electron chi connectivity index (χ0n) is 10.4. The summed E-state index contributed by atoms with van der Waals surface area (Å²) in [6, 6.07) is 0. The van der Waals surface area contributed by atoms with Crippen LogP contribution in [0, 0.1) is 5.92 Å². The maximum Gasteiger partial charge on any atom is 0.220 e. The van der Waals surface area contributed by atoms with Crippen LogP contribution in [0.2, 0.25) is 0 Å². The second kappa shape index (κ2) is 7.84. The normalized spacial score (nSPS) is 12.4. The minimum Gasteiger partial charge on any atom is -0.356 e. The van der Waals surface area contributed by atoms with Gasteiger partial charge < -0.3 is 16.0 Å². The molecule has 0 saturated heterocycles. The molecule has 0 aliphatic rings. The number of nitrogens with one attached hydrogen (secondary N) is 2. The highest BCUT2D eigenvalue weighted by atomic mass is 16.1. The van der Waals surface area contributed by atoms with Gasteiger partial charge in [0.25, 0.3) is 0 Å². The summed E-state index contributed by atoms with van der Waals surface area (Å²) in [5, 5.41) is 2.91. The van der Waals surface area contributed by atoms with E-state index < -0.39 is 0 Å². The van der Waals surface area contributed by atoms with Crippen LogP contribution < -0.4 is 11.1 Å². The Hall–Kier alpha value is -1.36. The molecule has 5 nitrogen and oxygen atoms in total. The summed E-state index contributed by atoms with van der Waals surface area (Å²) in [7, 11) is 0. The van der Waals surface area contributed by atoms with E-state index in [1.165, 1.54) is 0 Å². The van der Waals surface area contributed by atoms with Gasteiger partial charge in [0.15, 0.2) is 0 Å². The van der Waals surface area contributed by atoms with Crippen LogP contribution in [0.15, 0.2) is 12.4 Å². The van der Waals surface area contributed by atoms with E-state index >= 15 is 0 Å². The van der Waals surface area contributed by atoms with E-state index in [4.69, 9.17) is 5.73 Å². The minimum absolute atomic E-state index is 0.0988. The molecule has 5 heteroatoms. The van der Waals surface area contributed by atoms with Gasteiger partial charge in [0.05, 0.1) is 0 Å². The highest BCUT2D eigenvalue weighted by molar-refractivity contribution is 5.76. The van der Waals surface area contributed by atoms with Crippen molar-refractivity contribution in [1.29, 1.82) is 0 Å². The maximum absolute atomic E-state index is 11.5. The van der Waals surface area contributed by atoms with Gasteiger partial charge in [-0.25, -0.2) is 4.98 Å². The molecule has 0 fully saturated rings. The molecular weight excluding hydrogens is 216 g/mol. The zero-order chi connectivity index (χ0) is 12.5. The standard InChI is InChI=1S/C12H22N4O/c1-2-10(9-13)8-12(17)16-5-3-4-11-14-6-7-15-11/h6-7,10H,2-5,8-9,13H2,1H3,(H,14,15)(H,16,17). The fraction of sp³-hybridized carbons (Fsp3) is 0.667. The van der Waals surface area contributed by atoms with Crippen molar-refractivity contribution < 1.29 is 4.79 Å². The van der Waals surface area contributed by atoms with Crippen molar-refractivity contribution in [1.82, 2.24) is 15.3 Å². The number of hydrogen-bond donors (Lipinski definition) is 3. The number of rotatable bonds is 8. The third-order valence-electron chi connectivity index (χ3n) is 2.85. The third-order valence-corrected chi connectivity index (χ3v) is 2.85. The molecule has 0 aliphatic carbocycles. The summed E-state index contributed by atoms with van der Waals surface area (Å²) in [4.78, 5) is 18.7. The second-order valence-corrected chi connectivity index (χ2v) is 4.20. The average Bonchev–Trinajstić information content (AvgIpc) is 2.84. The van der Waals surface area contributed by atoms with E-state index in [9.17, 15) is 4.79 Å². The highest BCUT2D eigenvalue weighted by Crippen LogP contribution is 2.05. The topological polar surface area (TPSA) is 83.8 Å². The van der Waals surface area contributed by atoms with Gasteiger partial charge in [0.2, 0.25) is 5.91 Å². The van der Waals surface area contributed by atoms with Gasteiger partial charge >= 0.3 is 0 Å². The summed E-state index contributed by atoms with van der Waals surface area (Å²) < 4.78 is 0. The first-order valence-corrected chi connectivity index (χ1v) is 6.21. The van der Waals surface area contributed by atoms with Gasteiger partial charge in [0, 0.05) is 31.8 Å². The third kappa shape index (κ3) is 5.49. The van der Waals surface area contributed by atoms with Gasteiger partial charge in [-0.3, -0.25) is 4.79 Å². The van der Waals surface area contributed by atoms with Crippen LogP contribution in [0.3, 0.4) is 0 Å². The van der Waals surface area contributed by atoms with Crippen molar-refractivity contribution in [3.63, 3.8) is 0 Å². The van der Waals surface area contributed by atoms with Gasteiger partial charge in [0.1, 0.15) is 5.82 Å². The summed E-state index contributed by atoms with van der Waals surface area (Å²) in [5.41, 5.74) is 5.56. The molecule has 0 aliphatic heterocycles. The molecule has 1 amide bonds. The van der Waals surface area contributed by atoms with Gasteiger partial charge in [-0.15, -0.1) is 0 Å². The van der Waals surface area contributed by atoms with E-state index in [0.29, 0.717) is 25.4 Å². The lowest BCUT2D eigenvalue weighted by molar-refractivity contribution is -0.121. The first-order chi connectivity index (χ1) is 8.26. The number of nitrogens with zero attached hydrogens (tertiary/aromatic N) is 1. The molecule has 1 aromatic heterocycles. The Labute approximate surface area is 102 Å². The number of H-pyrrole nitrogens is 1. The lowest BCUT2D eigenvalue weighted by Gasteiger charge is -2.11. The molecule has 1 aromatic rings. The number of aromatic amines is 1. The number of hydrogen-bond acceptors (Lipinski definition) is 3. The van der Waals surface area contributed by atoms with Crippen LogP contribution in [-0.2, 0) is 11.2 Å². The van der Waals surface area contributed by atoms with Crippen LogP contribution in [0.5, 0.6) is 0 Å². The minimum atomic E-state index is 0.0988. The number of aryl methyl sites for hydroxylation is 1.